The molecule has 0 amide bonds. The maximum absolute atomic E-state index is 10.2. The van der Waals surface area contributed by atoms with Crippen LogP contribution >= 0.6 is 0 Å². The molecule has 1 fully saturated rings. The molecule has 0 aliphatic carbocycles. The van der Waals surface area contributed by atoms with Crippen molar-refractivity contribution in [2.24, 2.45) is 0 Å². The first-order chi connectivity index (χ1) is 8.24. The average molecular weight is 242 g/mol. The molecule has 1 aliphatic heterocycles. The standard InChI is InChI=1S/C10H14N2O5/c13-10(14)6-15-5-9-11-8(12-17-9)4-7-2-1-3-16-7/h7H,1-6H2,(H,13,14). The molecule has 0 aromatic carbocycles. The minimum absolute atomic E-state index is 0.0187. The summed E-state index contributed by atoms with van der Waals surface area (Å²) in [5.74, 6) is -0.158. The smallest absolute Gasteiger partial charge is 0.329 e. The molecule has 2 heterocycles. The minimum Gasteiger partial charge on any atom is -0.480 e. The first-order valence-electron chi connectivity index (χ1n) is 5.46. The largest absolute Gasteiger partial charge is 0.480 e. The van der Waals surface area contributed by atoms with Crippen LogP contribution in [-0.4, -0.2) is 40.5 Å². The summed E-state index contributed by atoms with van der Waals surface area (Å²) in [5.41, 5.74) is 0. The number of carboxylic acid groups (broad SMARTS) is 1. The van der Waals surface area contributed by atoms with Gasteiger partial charge < -0.3 is 19.1 Å². The van der Waals surface area contributed by atoms with Crippen molar-refractivity contribution >= 4 is 5.97 Å². The van der Waals surface area contributed by atoms with Crippen LogP contribution in [0.15, 0.2) is 4.52 Å². The van der Waals surface area contributed by atoms with Gasteiger partial charge in [0.05, 0.1) is 6.10 Å². The summed E-state index contributed by atoms with van der Waals surface area (Å²) in [4.78, 5) is 14.3. The summed E-state index contributed by atoms with van der Waals surface area (Å²) in [6.45, 7) is 0.436. The second-order valence-corrected chi connectivity index (χ2v) is 3.83. The van der Waals surface area contributed by atoms with Crippen LogP contribution in [0.25, 0.3) is 0 Å². The molecule has 1 N–H and O–H groups in total. The highest BCUT2D eigenvalue weighted by molar-refractivity contribution is 5.67. The van der Waals surface area contributed by atoms with E-state index in [1.807, 2.05) is 0 Å². The molecule has 1 aromatic heterocycles. The Kier molecular flexibility index (Phi) is 4.05. The molecule has 1 saturated heterocycles. The van der Waals surface area contributed by atoms with Crippen molar-refractivity contribution < 1.29 is 23.9 Å². The molecular formula is C10H14N2O5. The zero-order chi connectivity index (χ0) is 12.1. The molecule has 0 saturated carbocycles. The van der Waals surface area contributed by atoms with E-state index < -0.39 is 5.97 Å². The number of aromatic nitrogens is 2. The first kappa shape index (κ1) is 12.0. The highest BCUT2D eigenvalue weighted by Gasteiger charge is 2.19. The van der Waals surface area contributed by atoms with Crippen LogP contribution in [0.1, 0.15) is 24.6 Å². The molecule has 17 heavy (non-hydrogen) atoms. The van der Waals surface area contributed by atoms with Crippen LogP contribution in [0.3, 0.4) is 0 Å². The highest BCUT2D eigenvalue weighted by Crippen LogP contribution is 2.15. The van der Waals surface area contributed by atoms with Crippen LogP contribution in [0.2, 0.25) is 0 Å². The summed E-state index contributed by atoms with van der Waals surface area (Å²) in [5, 5.41) is 12.2. The lowest BCUT2D eigenvalue weighted by Gasteiger charge is -2.03. The van der Waals surface area contributed by atoms with E-state index in [4.69, 9.17) is 19.1 Å². The molecule has 7 heteroatoms. The molecule has 1 aliphatic rings. The molecule has 1 atom stereocenters. The molecule has 7 nitrogen and oxygen atoms in total. The SMILES string of the molecule is O=C(O)COCc1nc(CC2CCCO2)no1. The van der Waals surface area contributed by atoms with E-state index in [1.165, 1.54) is 0 Å². The zero-order valence-electron chi connectivity index (χ0n) is 9.29. The van der Waals surface area contributed by atoms with Gasteiger partial charge in [0.2, 0.25) is 0 Å². The Labute approximate surface area is 97.7 Å². The fraction of sp³-hybridized carbons (Fsp3) is 0.700. The quantitative estimate of drug-likeness (QED) is 0.771. The maximum atomic E-state index is 10.2. The van der Waals surface area contributed by atoms with Gasteiger partial charge >= 0.3 is 5.97 Å². The third kappa shape index (κ3) is 3.79. The molecule has 2 rings (SSSR count). The summed E-state index contributed by atoms with van der Waals surface area (Å²) in [7, 11) is 0. The van der Waals surface area contributed by atoms with E-state index in [0.717, 1.165) is 19.4 Å². The Hall–Kier alpha value is -1.47. The molecule has 1 unspecified atom stereocenters. The van der Waals surface area contributed by atoms with Gasteiger partial charge in [-0.1, -0.05) is 5.16 Å². The third-order valence-electron chi connectivity index (χ3n) is 2.40. The van der Waals surface area contributed by atoms with Gasteiger partial charge in [-0.3, -0.25) is 0 Å². The minimum atomic E-state index is -1.02. The summed E-state index contributed by atoms with van der Waals surface area (Å²) >= 11 is 0. The van der Waals surface area contributed by atoms with Gasteiger partial charge in [0.15, 0.2) is 5.82 Å². The number of hydrogen-bond donors (Lipinski definition) is 1. The summed E-state index contributed by atoms with van der Waals surface area (Å²) in [6.07, 6.45) is 2.87. The number of rotatable bonds is 6. The Morgan fingerprint density at radius 3 is 3.18 bits per heavy atom. The lowest BCUT2D eigenvalue weighted by Crippen LogP contribution is -2.10. The van der Waals surface area contributed by atoms with E-state index in [2.05, 4.69) is 10.1 Å². The summed E-state index contributed by atoms with van der Waals surface area (Å²) < 4.78 is 15.2. The van der Waals surface area contributed by atoms with Gasteiger partial charge in [-0.2, -0.15) is 4.98 Å². The van der Waals surface area contributed by atoms with Gasteiger partial charge in [0, 0.05) is 13.0 Å². The van der Waals surface area contributed by atoms with E-state index in [1.54, 1.807) is 0 Å². The highest BCUT2D eigenvalue weighted by atomic mass is 16.5. The lowest BCUT2D eigenvalue weighted by atomic mass is 10.2. The fourth-order valence-electron chi connectivity index (χ4n) is 1.67. The van der Waals surface area contributed by atoms with Crippen molar-refractivity contribution in [3.8, 4) is 0 Å². The maximum Gasteiger partial charge on any atom is 0.329 e. The predicted octanol–water partition coefficient (Wildman–Crippen LogP) is 0.392. The molecule has 94 valence electrons. The normalized spacial score (nSPS) is 19.6. The second kappa shape index (κ2) is 5.74. The zero-order valence-corrected chi connectivity index (χ0v) is 9.29. The number of carboxylic acids is 1. The fourth-order valence-corrected chi connectivity index (χ4v) is 1.67. The van der Waals surface area contributed by atoms with Crippen molar-refractivity contribution in [3.05, 3.63) is 11.7 Å². The molecule has 1 aromatic rings. The Bertz CT molecular complexity index is 373. The topological polar surface area (TPSA) is 94.7 Å². The van der Waals surface area contributed by atoms with Crippen molar-refractivity contribution in [1.29, 1.82) is 0 Å². The molecular weight excluding hydrogens is 228 g/mol. The lowest BCUT2D eigenvalue weighted by molar-refractivity contribution is -0.142. The van der Waals surface area contributed by atoms with Crippen molar-refractivity contribution in [1.82, 2.24) is 10.1 Å². The Morgan fingerprint density at radius 2 is 2.47 bits per heavy atom. The van der Waals surface area contributed by atoms with Gasteiger partial charge in [-0.15, -0.1) is 0 Å². The van der Waals surface area contributed by atoms with Gasteiger partial charge in [-0.05, 0) is 12.8 Å². The Balaban J connectivity index is 1.76. The van der Waals surface area contributed by atoms with Crippen LogP contribution in [0.5, 0.6) is 0 Å². The number of hydrogen-bond acceptors (Lipinski definition) is 6. The number of aliphatic carboxylic acids is 1. The van der Waals surface area contributed by atoms with Crippen molar-refractivity contribution in [2.45, 2.75) is 32.0 Å². The van der Waals surface area contributed by atoms with Crippen LogP contribution in [-0.2, 0) is 27.3 Å². The molecule has 0 spiro atoms. The van der Waals surface area contributed by atoms with E-state index in [-0.39, 0.29) is 19.3 Å². The van der Waals surface area contributed by atoms with E-state index in [9.17, 15) is 4.79 Å². The van der Waals surface area contributed by atoms with E-state index >= 15 is 0 Å². The number of ether oxygens (including phenoxy) is 2. The average Bonchev–Trinajstić information content (AvgIpc) is 2.90. The molecule has 0 bridgehead atoms. The predicted molar refractivity (Wildman–Crippen MR) is 54.3 cm³/mol. The van der Waals surface area contributed by atoms with Gasteiger partial charge in [0.1, 0.15) is 13.2 Å². The summed E-state index contributed by atoms with van der Waals surface area (Å²) in [6, 6.07) is 0. The van der Waals surface area contributed by atoms with Crippen LogP contribution in [0.4, 0.5) is 0 Å². The van der Waals surface area contributed by atoms with Crippen LogP contribution < -0.4 is 0 Å². The van der Waals surface area contributed by atoms with E-state index in [0.29, 0.717) is 18.1 Å². The monoisotopic (exact) mass is 242 g/mol. The number of nitrogens with zero attached hydrogens (tertiary/aromatic N) is 2. The van der Waals surface area contributed by atoms with Crippen molar-refractivity contribution in [2.75, 3.05) is 13.2 Å². The number of carbonyl (C=O) groups is 1. The van der Waals surface area contributed by atoms with Gasteiger partial charge in [-0.25, -0.2) is 4.79 Å². The molecule has 0 radical (unpaired) electrons. The van der Waals surface area contributed by atoms with Crippen LogP contribution in [0, 0.1) is 0 Å². The van der Waals surface area contributed by atoms with Crippen molar-refractivity contribution in [3.63, 3.8) is 0 Å². The third-order valence-corrected chi connectivity index (χ3v) is 2.40. The Morgan fingerprint density at radius 1 is 1.59 bits per heavy atom. The van der Waals surface area contributed by atoms with Gasteiger partial charge in [0.25, 0.3) is 5.89 Å². The second-order valence-electron chi connectivity index (χ2n) is 3.83. The first-order valence-corrected chi connectivity index (χ1v) is 5.46.